The molecule has 0 heterocycles. The number of carbonyl (C=O) groups excluding carboxylic acids is 1. The van der Waals surface area contributed by atoms with Gasteiger partial charge in [-0.05, 0) is 31.7 Å². The second-order valence-electron chi connectivity index (χ2n) is 5.21. The average molecular weight is 326 g/mol. The van der Waals surface area contributed by atoms with Gasteiger partial charge in [0, 0.05) is 10.9 Å². The number of nitrogens with one attached hydrogen (secondary N) is 1. The van der Waals surface area contributed by atoms with Crippen molar-refractivity contribution in [2.24, 2.45) is 0 Å². The fourth-order valence-corrected chi connectivity index (χ4v) is 3.05. The summed E-state index contributed by atoms with van der Waals surface area (Å²) in [4.78, 5) is 12.5. The van der Waals surface area contributed by atoms with Crippen molar-refractivity contribution in [3.63, 3.8) is 0 Å². The number of halogens is 1. The maximum atomic E-state index is 12.5. The highest BCUT2D eigenvalue weighted by molar-refractivity contribution is 9.09. The van der Waals surface area contributed by atoms with E-state index in [4.69, 9.17) is 0 Å². The Balaban J connectivity index is 2.80. The summed E-state index contributed by atoms with van der Waals surface area (Å²) in [7, 11) is 0. The Hall–Kier alpha value is -0.830. The zero-order chi connectivity index (χ0) is 14.3. The summed E-state index contributed by atoms with van der Waals surface area (Å²) in [5.41, 5.74) is 0.975. The van der Waals surface area contributed by atoms with Gasteiger partial charge in [0.15, 0.2) is 0 Å². The Kier molecular flexibility index (Phi) is 6.56. The van der Waals surface area contributed by atoms with Crippen LogP contribution in [0.25, 0.3) is 0 Å². The summed E-state index contributed by atoms with van der Waals surface area (Å²) in [6.45, 7) is 6.29. The molecule has 0 aromatic heterocycles. The summed E-state index contributed by atoms with van der Waals surface area (Å²) < 4.78 is 0. The van der Waals surface area contributed by atoms with Crippen LogP contribution in [0.1, 0.15) is 51.5 Å². The molecule has 19 heavy (non-hydrogen) atoms. The van der Waals surface area contributed by atoms with Gasteiger partial charge in [-0.2, -0.15) is 0 Å². The molecule has 1 aromatic rings. The van der Waals surface area contributed by atoms with Gasteiger partial charge in [0.1, 0.15) is 0 Å². The smallest absolute Gasteiger partial charge is 0.227 e. The molecule has 1 amide bonds. The van der Waals surface area contributed by atoms with Crippen molar-refractivity contribution in [2.45, 2.75) is 51.5 Å². The molecule has 0 bridgehead atoms. The molecule has 0 saturated carbocycles. The van der Waals surface area contributed by atoms with Gasteiger partial charge in [-0.15, -0.1) is 0 Å². The van der Waals surface area contributed by atoms with Crippen molar-refractivity contribution in [2.75, 3.05) is 5.33 Å². The largest absolute Gasteiger partial charge is 0.350 e. The topological polar surface area (TPSA) is 29.1 Å². The number of carbonyl (C=O) groups is 1. The third-order valence-electron chi connectivity index (χ3n) is 3.78. The number of hydrogen-bond donors (Lipinski definition) is 1. The molecule has 2 nitrogen and oxygen atoms in total. The molecular formula is C16H24BrNO. The van der Waals surface area contributed by atoms with E-state index in [0.29, 0.717) is 0 Å². The fraction of sp³-hybridized carbons (Fsp3) is 0.562. The van der Waals surface area contributed by atoms with Crippen molar-refractivity contribution in [3.8, 4) is 0 Å². The van der Waals surface area contributed by atoms with Crippen LogP contribution in [0.15, 0.2) is 30.3 Å². The van der Waals surface area contributed by atoms with Crippen LogP contribution in [0.5, 0.6) is 0 Å². The molecule has 2 unspecified atom stereocenters. The normalized spacial score (nSPS) is 15.6. The summed E-state index contributed by atoms with van der Waals surface area (Å²) in [5, 5.41) is 4.13. The lowest BCUT2D eigenvalue weighted by Gasteiger charge is -2.31. The molecule has 0 fully saturated rings. The molecule has 1 rings (SSSR count). The van der Waals surface area contributed by atoms with E-state index >= 15 is 0 Å². The van der Waals surface area contributed by atoms with E-state index in [9.17, 15) is 4.79 Å². The first-order chi connectivity index (χ1) is 9.06. The molecule has 3 heteroatoms. The van der Waals surface area contributed by atoms with Crippen LogP contribution in [0, 0.1) is 0 Å². The quantitative estimate of drug-likeness (QED) is 0.746. The second kappa shape index (κ2) is 7.68. The molecule has 0 aliphatic heterocycles. The highest BCUT2D eigenvalue weighted by Gasteiger charge is 2.27. The van der Waals surface area contributed by atoms with Gasteiger partial charge in [0.25, 0.3) is 0 Å². The van der Waals surface area contributed by atoms with Gasteiger partial charge >= 0.3 is 0 Å². The molecule has 0 saturated heterocycles. The lowest BCUT2D eigenvalue weighted by atomic mass is 9.91. The standard InChI is InChI=1S/C16H24BrNO/c1-4-14(13-9-7-6-8-10-13)15(19)18-16(3,5-2)11-12-17/h6-10,14H,4-5,11-12H2,1-3H3,(H,18,19). The van der Waals surface area contributed by atoms with Crippen LogP contribution in [0.4, 0.5) is 0 Å². The summed E-state index contributed by atoms with van der Waals surface area (Å²) >= 11 is 3.46. The molecule has 0 spiro atoms. The molecular weight excluding hydrogens is 302 g/mol. The molecule has 0 aliphatic carbocycles. The maximum Gasteiger partial charge on any atom is 0.227 e. The predicted octanol–water partition coefficient (Wildman–Crippen LogP) is 4.25. The maximum absolute atomic E-state index is 12.5. The third kappa shape index (κ3) is 4.64. The van der Waals surface area contributed by atoms with Crippen molar-refractivity contribution in [1.82, 2.24) is 5.32 Å². The van der Waals surface area contributed by atoms with E-state index in [1.807, 2.05) is 30.3 Å². The van der Waals surface area contributed by atoms with Gasteiger partial charge < -0.3 is 5.32 Å². The molecule has 1 aromatic carbocycles. The van der Waals surface area contributed by atoms with Gasteiger partial charge in [-0.25, -0.2) is 0 Å². The van der Waals surface area contributed by atoms with E-state index in [-0.39, 0.29) is 17.4 Å². The van der Waals surface area contributed by atoms with E-state index < -0.39 is 0 Å². The number of amides is 1. The van der Waals surface area contributed by atoms with Gasteiger partial charge in [0.05, 0.1) is 5.92 Å². The zero-order valence-corrected chi connectivity index (χ0v) is 13.7. The van der Waals surface area contributed by atoms with Crippen LogP contribution in [0.3, 0.4) is 0 Å². The highest BCUT2D eigenvalue weighted by atomic mass is 79.9. The van der Waals surface area contributed by atoms with Crippen LogP contribution < -0.4 is 5.32 Å². The van der Waals surface area contributed by atoms with Crippen LogP contribution in [-0.2, 0) is 4.79 Å². The van der Waals surface area contributed by atoms with Gasteiger partial charge in [0.2, 0.25) is 5.91 Å². The first kappa shape index (κ1) is 16.2. The lowest BCUT2D eigenvalue weighted by molar-refractivity contribution is -0.124. The Morgan fingerprint density at radius 2 is 1.95 bits per heavy atom. The van der Waals surface area contributed by atoms with Crippen LogP contribution in [-0.4, -0.2) is 16.8 Å². The lowest BCUT2D eigenvalue weighted by Crippen LogP contribution is -2.47. The number of alkyl halides is 1. The molecule has 0 radical (unpaired) electrons. The second-order valence-corrected chi connectivity index (χ2v) is 6.01. The SMILES string of the molecule is CCC(C(=O)NC(C)(CC)CCBr)c1ccccc1. The van der Waals surface area contributed by atoms with Crippen LogP contribution in [0.2, 0.25) is 0 Å². The van der Waals surface area contributed by atoms with Crippen molar-refractivity contribution in [1.29, 1.82) is 0 Å². The number of benzene rings is 1. The van der Waals surface area contributed by atoms with E-state index in [0.717, 1.165) is 30.2 Å². The molecule has 106 valence electrons. The van der Waals surface area contributed by atoms with E-state index in [2.05, 4.69) is 42.0 Å². The van der Waals surface area contributed by atoms with E-state index in [1.165, 1.54) is 0 Å². The van der Waals surface area contributed by atoms with Gasteiger partial charge in [-0.3, -0.25) is 4.79 Å². The van der Waals surface area contributed by atoms with Gasteiger partial charge in [-0.1, -0.05) is 60.1 Å². The summed E-state index contributed by atoms with van der Waals surface area (Å²) in [5.74, 6) is 0.0846. The van der Waals surface area contributed by atoms with Crippen molar-refractivity contribution >= 4 is 21.8 Å². The fourth-order valence-electron chi connectivity index (χ4n) is 2.18. The Morgan fingerprint density at radius 1 is 1.32 bits per heavy atom. The summed E-state index contributed by atoms with van der Waals surface area (Å²) in [6, 6.07) is 10.0. The first-order valence-corrected chi connectivity index (χ1v) is 8.11. The van der Waals surface area contributed by atoms with Crippen molar-refractivity contribution < 1.29 is 4.79 Å². The first-order valence-electron chi connectivity index (χ1n) is 6.99. The Morgan fingerprint density at radius 3 is 2.42 bits per heavy atom. The summed E-state index contributed by atoms with van der Waals surface area (Å²) in [6.07, 6.45) is 2.71. The molecule has 2 atom stereocenters. The van der Waals surface area contributed by atoms with Crippen LogP contribution >= 0.6 is 15.9 Å². The molecule has 1 N–H and O–H groups in total. The molecule has 0 aliphatic rings. The minimum absolute atomic E-state index is 0.0533. The monoisotopic (exact) mass is 325 g/mol. The number of hydrogen-bond acceptors (Lipinski definition) is 1. The minimum atomic E-state index is -0.122. The van der Waals surface area contributed by atoms with Crippen molar-refractivity contribution in [3.05, 3.63) is 35.9 Å². The highest BCUT2D eigenvalue weighted by Crippen LogP contribution is 2.23. The Bertz CT molecular complexity index is 393. The van der Waals surface area contributed by atoms with E-state index in [1.54, 1.807) is 0 Å². The average Bonchev–Trinajstić information content (AvgIpc) is 2.41. The number of rotatable bonds is 7. The minimum Gasteiger partial charge on any atom is -0.350 e. The predicted molar refractivity (Wildman–Crippen MR) is 84.7 cm³/mol. The Labute approximate surface area is 125 Å². The zero-order valence-electron chi connectivity index (χ0n) is 12.1. The third-order valence-corrected chi connectivity index (χ3v) is 4.17.